The van der Waals surface area contributed by atoms with Crippen LogP contribution in [-0.4, -0.2) is 5.88 Å². The Morgan fingerprint density at radius 1 is 1.67 bits per heavy atom. The number of hydrogen-bond donors (Lipinski definition) is 0. The molecular formula is C6H6BrClS. The van der Waals surface area contributed by atoms with Crippen LogP contribution in [-0.2, 0) is 6.42 Å². The molecule has 0 bridgehead atoms. The lowest BCUT2D eigenvalue weighted by atomic mass is 10.3. The molecule has 0 N–H and O–H groups in total. The molecule has 0 aromatic carbocycles. The minimum atomic E-state index is 0.711. The first-order valence-electron chi connectivity index (χ1n) is 2.62. The second-order valence-electron chi connectivity index (χ2n) is 1.70. The van der Waals surface area contributed by atoms with Crippen LogP contribution in [0.25, 0.3) is 0 Å². The van der Waals surface area contributed by atoms with E-state index in [1.165, 1.54) is 9.35 Å². The van der Waals surface area contributed by atoms with Gasteiger partial charge < -0.3 is 0 Å². The van der Waals surface area contributed by atoms with Crippen molar-refractivity contribution in [1.82, 2.24) is 0 Å². The summed E-state index contributed by atoms with van der Waals surface area (Å²) < 4.78 is 1.18. The van der Waals surface area contributed by atoms with Gasteiger partial charge in [0.1, 0.15) is 0 Å². The molecule has 0 aliphatic rings. The number of alkyl halides is 1. The monoisotopic (exact) mass is 224 g/mol. The summed E-state index contributed by atoms with van der Waals surface area (Å²) in [6, 6.07) is 2.10. The summed E-state index contributed by atoms with van der Waals surface area (Å²) in [5.41, 5.74) is 1.32. The summed E-state index contributed by atoms with van der Waals surface area (Å²) in [5, 5.41) is 2.12. The number of hydrogen-bond acceptors (Lipinski definition) is 1. The highest BCUT2D eigenvalue weighted by Crippen LogP contribution is 2.20. The first-order valence-corrected chi connectivity index (χ1v) is 4.82. The second kappa shape index (κ2) is 3.59. The molecular weight excluding hydrogens is 219 g/mol. The topological polar surface area (TPSA) is 0 Å². The van der Waals surface area contributed by atoms with Crippen molar-refractivity contribution >= 4 is 38.9 Å². The van der Waals surface area contributed by atoms with Crippen molar-refractivity contribution in [3.8, 4) is 0 Å². The molecule has 9 heavy (non-hydrogen) atoms. The van der Waals surface area contributed by atoms with Crippen LogP contribution in [0, 0.1) is 0 Å². The Labute approximate surface area is 72.0 Å². The zero-order valence-corrected chi connectivity index (χ0v) is 7.89. The molecule has 0 unspecified atom stereocenters. The minimum absolute atomic E-state index is 0.711. The van der Waals surface area contributed by atoms with Gasteiger partial charge in [0.05, 0.1) is 3.79 Å². The molecule has 0 fully saturated rings. The predicted molar refractivity (Wildman–Crippen MR) is 46.4 cm³/mol. The van der Waals surface area contributed by atoms with Gasteiger partial charge in [0.15, 0.2) is 0 Å². The highest BCUT2D eigenvalue weighted by Gasteiger charge is 1.94. The van der Waals surface area contributed by atoms with Crippen molar-refractivity contribution < 1.29 is 0 Å². The molecule has 0 saturated carbocycles. The molecule has 1 rings (SSSR count). The molecule has 1 heterocycles. The Bertz CT molecular complexity index is 185. The van der Waals surface area contributed by atoms with E-state index in [1.54, 1.807) is 11.3 Å². The Hall–Kier alpha value is 0.470. The third kappa shape index (κ3) is 2.28. The number of halogens is 2. The van der Waals surface area contributed by atoms with E-state index in [-0.39, 0.29) is 0 Å². The summed E-state index contributed by atoms with van der Waals surface area (Å²) in [4.78, 5) is 0. The van der Waals surface area contributed by atoms with Crippen molar-refractivity contribution in [3.63, 3.8) is 0 Å². The first kappa shape index (κ1) is 7.58. The molecule has 0 nitrogen and oxygen atoms in total. The second-order valence-corrected chi connectivity index (χ2v) is 4.37. The fourth-order valence-electron chi connectivity index (χ4n) is 0.586. The third-order valence-corrected chi connectivity index (χ3v) is 2.75. The summed E-state index contributed by atoms with van der Waals surface area (Å²) >= 11 is 10.6. The molecule has 0 saturated heterocycles. The highest BCUT2D eigenvalue weighted by atomic mass is 79.9. The van der Waals surface area contributed by atoms with Crippen LogP contribution in [0.2, 0.25) is 0 Å². The third-order valence-electron chi connectivity index (χ3n) is 1.00. The minimum Gasteiger partial charge on any atom is -0.137 e. The Morgan fingerprint density at radius 3 is 2.89 bits per heavy atom. The smallest absolute Gasteiger partial charge is 0.0701 e. The molecule has 0 aliphatic carbocycles. The number of aryl methyl sites for hydroxylation is 1. The van der Waals surface area contributed by atoms with Gasteiger partial charge in [-0.1, -0.05) is 0 Å². The van der Waals surface area contributed by atoms with Gasteiger partial charge in [-0.2, -0.15) is 0 Å². The van der Waals surface area contributed by atoms with Gasteiger partial charge in [-0.3, -0.25) is 0 Å². The zero-order chi connectivity index (χ0) is 6.69. The van der Waals surface area contributed by atoms with Crippen LogP contribution in [0.15, 0.2) is 15.2 Å². The zero-order valence-electron chi connectivity index (χ0n) is 4.73. The molecule has 1 aromatic rings. The van der Waals surface area contributed by atoms with Gasteiger partial charge in [-0.15, -0.1) is 22.9 Å². The van der Waals surface area contributed by atoms with Crippen LogP contribution in [0.4, 0.5) is 0 Å². The fraction of sp³-hybridized carbons (Fsp3) is 0.333. The Morgan fingerprint density at radius 2 is 2.44 bits per heavy atom. The lowest BCUT2D eigenvalue weighted by Gasteiger charge is -1.85. The molecule has 0 atom stereocenters. The largest absolute Gasteiger partial charge is 0.137 e. The highest BCUT2D eigenvalue weighted by molar-refractivity contribution is 9.11. The van der Waals surface area contributed by atoms with E-state index in [0.29, 0.717) is 5.88 Å². The van der Waals surface area contributed by atoms with Crippen LogP contribution >= 0.6 is 38.9 Å². The van der Waals surface area contributed by atoms with Crippen LogP contribution < -0.4 is 0 Å². The Balaban J connectivity index is 2.61. The normalized spacial score (nSPS) is 10.0. The lowest BCUT2D eigenvalue weighted by molar-refractivity contribution is 1.16. The van der Waals surface area contributed by atoms with E-state index < -0.39 is 0 Å². The van der Waals surface area contributed by atoms with Crippen LogP contribution in [0.3, 0.4) is 0 Å². The van der Waals surface area contributed by atoms with Gasteiger partial charge in [0, 0.05) is 5.88 Å². The van der Waals surface area contributed by atoms with E-state index in [1.807, 2.05) is 0 Å². The Kier molecular flexibility index (Phi) is 3.02. The van der Waals surface area contributed by atoms with Crippen molar-refractivity contribution in [2.45, 2.75) is 6.42 Å². The maximum Gasteiger partial charge on any atom is 0.0701 e. The predicted octanol–water partition coefficient (Wildman–Crippen LogP) is 3.29. The summed E-state index contributed by atoms with van der Waals surface area (Å²) in [5.74, 6) is 0.711. The maximum absolute atomic E-state index is 5.53. The molecule has 50 valence electrons. The molecule has 0 aliphatic heterocycles. The van der Waals surface area contributed by atoms with Gasteiger partial charge in [-0.05, 0) is 39.4 Å². The average Bonchev–Trinajstić information content (AvgIpc) is 2.17. The van der Waals surface area contributed by atoms with E-state index in [2.05, 4.69) is 27.4 Å². The molecule has 0 spiro atoms. The molecule has 0 amide bonds. The van der Waals surface area contributed by atoms with Gasteiger partial charge in [0.2, 0.25) is 0 Å². The van der Waals surface area contributed by atoms with E-state index >= 15 is 0 Å². The summed E-state index contributed by atoms with van der Waals surface area (Å²) in [6.45, 7) is 0. The first-order chi connectivity index (χ1) is 4.33. The van der Waals surface area contributed by atoms with Crippen molar-refractivity contribution in [2.75, 3.05) is 5.88 Å². The number of thiophene rings is 1. The van der Waals surface area contributed by atoms with E-state index in [0.717, 1.165) is 6.42 Å². The van der Waals surface area contributed by atoms with Gasteiger partial charge in [0.25, 0.3) is 0 Å². The summed E-state index contributed by atoms with van der Waals surface area (Å²) in [6.07, 6.45) is 0.976. The number of rotatable bonds is 2. The lowest BCUT2D eigenvalue weighted by Crippen LogP contribution is -1.78. The van der Waals surface area contributed by atoms with E-state index in [9.17, 15) is 0 Å². The fourth-order valence-corrected chi connectivity index (χ4v) is 2.05. The van der Waals surface area contributed by atoms with Crippen molar-refractivity contribution in [3.05, 3.63) is 20.8 Å². The van der Waals surface area contributed by atoms with Crippen LogP contribution in [0.1, 0.15) is 5.56 Å². The average molecular weight is 226 g/mol. The van der Waals surface area contributed by atoms with Crippen molar-refractivity contribution in [1.29, 1.82) is 0 Å². The van der Waals surface area contributed by atoms with E-state index in [4.69, 9.17) is 11.6 Å². The quantitative estimate of drug-likeness (QED) is 0.678. The molecule has 1 aromatic heterocycles. The molecule has 3 heteroatoms. The van der Waals surface area contributed by atoms with Gasteiger partial charge >= 0.3 is 0 Å². The maximum atomic E-state index is 5.53. The summed E-state index contributed by atoms with van der Waals surface area (Å²) in [7, 11) is 0. The SMILES string of the molecule is ClCCc1csc(Br)c1. The molecule has 0 radical (unpaired) electrons. The van der Waals surface area contributed by atoms with Crippen molar-refractivity contribution in [2.24, 2.45) is 0 Å². The van der Waals surface area contributed by atoms with Gasteiger partial charge in [-0.25, -0.2) is 0 Å². The standard InChI is InChI=1S/C6H6BrClS/c7-6-3-5(1-2-8)4-9-6/h3-4H,1-2H2. The van der Waals surface area contributed by atoms with Crippen LogP contribution in [0.5, 0.6) is 0 Å².